The van der Waals surface area contributed by atoms with E-state index >= 15 is 0 Å². The van der Waals surface area contributed by atoms with Crippen molar-refractivity contribution in [2.45, 2.75) is 36.4 Å². The zero-order valence-electron chi connectivity index (χ0n) is 18.0. The molecule has 0 aliphatic carbocycles. The third-order valence-corrected chi connectivity index (χ3v) is 6.75. The van der Waals surface area contributed by atoms with Gasteiger partial charge in [0, 0.05) is 0 Å². The van der Waals surface area contributed by atoms with E-state index in [9.17, 15) is 15.3 Å². The Morgan fingerprint density at radius 1 is 1.00 bits per heavy atom. The Kier molecular flexibility index (Phi) is 5.13. The van der Waals surface area contributed by atoms with Crippen molar-refractivity contribution in [1.82, 2.24) is 19.5 Å². The molecule has 9 heteroatoms. The van der Waals surface area contributed by atoms with Gasteiger partial charge in [0.1, 0.15) is 30.2 Å². The fourth-order valence-corrected chi connectivity index (χ4v) is 5.02. The molecule has 1 aliphatic rings. The number of ether oxygens (including phenoxy) is 1. The average Bonchev–Trinajstić information content (AvgIpc) is 3.41. The number of nitrogens with two attached hydrogens (primary N) is 1. The molecule has 33 heavy (non-hydrogen) atoms. The van der Waals surface area contributed by atoms with Crippen molar-refractivity contribution in [3.8, 4) is 0 Å². The number of imidazole rings is 1. The average molecular weight is 447 g/mol. The number of rotatable bonds is 5. The summed E-state index contributed by atoms with van der Waals surface area (Å²) < 4.78 is 8.06. The predicted octanol–water partition coefficient (Wildman–Crippen LogP) is 1.18. The van der Waals surface area contributed by atoms with E-state index in [-0.39, 0.29) is 5.82 Å². The van der Waals surface area contributed by atoms with Crippen molar-refractivity contribution in [3.63, 3.8) is 0 Å². The van der Waals surface area contributed by atoms with Crippen LogP contribution in [0.5, 0.6) is 0 Å². The Balaban J connectivity index is 1.90. The van der Waals surface area contributed by atoms with Gasteiger partial charge in [0.2, 0.25) is 0 Å². The highest BCUT2D eigenvalue weighted by molar-refractivity contribution is 5.81. The van der Waals surface area contributed by atoms with E-state index in [1.54, 1.807) is 4.57 Å². The molecule has 1 saturated heterocycles. The van der Waals surface area contributed by atoms with Crippen LogP contribution in [0.1, 0.15) is 18.1 Å². The normalized spacial score (nSPS) is 25.5. The zero-order chi connectivity index (χ0) is 23.2. The molecule has 1 fully saturated rings. The largest absolute Gasteiger partial charge is 0.394 e. The predicted molar refractivity (Wildman–Crippen MR) is 121 cm³/mol. The molecule has 0 bridgehead atoms. The summed E-state index contributed by atoms with van der Waals surface area (Å²) in [5.41, 5.74) is 5.67. The Morgan fingerprint density at radius 3 is 2.15 bits per heavy atom. The van der Waals surface area contributed by atoms with Crippen molar-refractivity contribution in [3.05, 3.63) is 84.4 Å². The third-order valence-electron chi connectivity index (χ3n) is 6.75. The summed E-state index contributed by atoms with van der Waals surface area (Å²) in [5.74, 6) is 0.182. The van der Waals surface area contributed by atoms with E-state index in [4.69, 9.17) is 10.5 Å². The molecule has 0 saturated carbocycles. The first kappa shape index (κ1) is 21.5. The summed E-state index contributed by atoms with van der Waals surface area (Å²) in [5, 5.41) is 32.6. The van der Waals surface area contributed by atoms with Crippen molar-refractivity contribution < 1.29 is 20.1 Å². The second-order valence-corrected chi connectivity index (χ2v) is 8.37. The summed E-state index contributed by atoms with van der Waals surface area (Å²) in [7, 11) is 0. The van der Waals surface area contributed by atoms with Gasteiger partial charge in [0.05, 0.1) is 18.3 Å². The van der Waals surface area contributed by atoms with Crippen LogP contribution < -0.4 is 5.73 Å². The van der Waals surface area contributed by atoms with Crippen LogP contribution in [0.25, 0.3) is 11.2 Å². The SMILES string of the molecule is CC(c1ccccc1)(c1ccccc1)[C@@]1(n2cnc3c(N)ncnc32)O[C@H](CO)[C@@H](O)[C@H]1O. The minimum atomic E-state index is -1.64. The Hall–Kier alpha value is -3.37. The quantitative estimate of drug-likeness (QED) is 0.358. The van der Waals surface area contributed by atoms with Crippen molar-refractivity contribution in [2.75, 3.05) is 12.3 Å². The number of nitrogen functional groups attached to an aromatic ring is 1. The molecule has 5 N–H and O–H groups in total. The van der Waals surface area contributed by atoms with E-state index in [0.717, 1.165) is 11.1 Å². The number of aromatic nitrogens is 4. The van der Waals surface area contributed by atoms with Gasteiger partial charge in [-0.25, -0.2) is 15.0 Å². The van der Waals surface area contributed by atoms with E-state index < -0.39 is 36.1 Å². The second-order valence-electron chi connectivity index (χ2n) is 8.37. The first-order chi connectivity index (χ1) is 15.9. The molecule has 4 atom stereocenters. The van der Waals surface area contributed by atoms with Crippen molar-refractivity contribution in [1.29, 1.82) is 0 Å². The zero-order valence-corrected chi connectivity index (χ0v) is 18.0. The summed E-state index contributed by atoms with van der Waals surface area (Å²) >= 11 is 0. The molecule has 0 radical (unpaired) electrons. The lowest BCUT2D eigenvalue weighted by molar-refractivity contribution is -0.181. The highest BCUT2D eigenvalue weighted by atomic mass is 16.6. The van der Waals surface area contributed by atoms with Gasteiger partial charge < -0.3 is 25.8 Å². The molecular formula is C24H25N5O4. The van der Waals surface area contributed by atoms with Crippen LogP contribution in [-0.4, -0.2) is 59.8 Å². The van der Waals surface area contributed by atoms with Crippen LogP contribution in [0, 0.1) is 0 Å². The topological polar surface area (TPSA) is 140 Å². The maximum Gasteiger partial charge on any atom is 0.190 e. The number of hydrogen-bond donors (Lipinski definition) is 4. The number of aliphatic hydroxyl groups excluding tert-OH is 3. The molecule has 0 spiro atoms. The second kappa shape index (κ2) is 7.89. The standard InChI is InChI=1S/C24H25N5O4/c1-23(15-8-4-2-5-9-15,16-10-6-3-7-11-16)24(20(32)19(31)17(12-30)33-24)29-14-28-18-21(25)26-13-27-22(18)29/h2-11,13-14,17,19-20,30-32H,12H2,1H3,(H2,25,26,27)/t17-,19-,20-,24+/m1/s1. The van der Waals surface area contributed by atoms with E-state index in [1.807, 2.05) is 67.6 Å². The lowest BCUT2D eigenvalue weighted by Crippen LogP contribution is -2.59. The minimum absolute atomic E-state index is 0.182. The Labute approximate surface area is 190 Å². The molecule has 5 rings (SSSR count). The van der Waals surface area contributed by atoms with Gasteiger partial charge in [0.15, 0.2) is 17.2 Å². The fraction of sp³-hybridized carbons (Fsp3) is 0.292. The summed E-state index contributed by atoms with van der Waals surface area (Å²) in [4.78, 5) is 12.8. The first-order valence-electron chi connectivity index (χ1n) is 10.6. The summed E-state index contributed by atoms with van der Waals surface area (Å²) in [6.45, 7) is 1.45. The molecular weight excluding hydrogens is 422 g/mol. The number of aliphatic hydroxyl groups is 3. The maximum absolute atomic E-state index is 11.7. The number of nitrogens with zero attached hydrogens (tertiary/aromatic N) is 4. The highest BCUT2D eigenvalue weighted by Crippen LogP contribution is 2.54. The van der Waals surface area contributed by atoms with Gasteiger partial charge in [-0.1, -0.05) is 60.7 Å². The molecule has 0 unspecified atom stereocenters. The highest BCUT2D eigenvalue weighted by Gasteiger charge is 2.66. The van der Waals surface area contributed by atoms with Gasteiger partial charge in [0.25, 0.3) is 0 Å². The first-order valence-corrected chi connectivity index (χ1v) is 10.6. The summed E-state index contributed by atoms with van der Waals surface area (Å²) in [6.07, 6.45) is -1.06. The molecule has 1 aliphatic heterocycles. The van der Waals surface area contributed by atoms with Gasteiger partial charge in [-0.15, -0.1) is 0 Å². The van der Waals surface area contributed by atoms with Gasteiger partial charge >= 0.3 is 0 Å². The smallest absolute Gasteiger partial charge is 0.190 e. The third kappa shape index (κ3) is 2.90. The van der Waals surface area contributed by atoms with Crippen LogP contribution in [0.15, 0.2) is 73.3 Å². The Morgan fingerprint density at radius 2 is 1.61 bits per heavy atom. The minimum Gasteiger partial charge on any atom is -0.394 e. The maximum atomic E-state index is 11.7. The van der Waals surface area contributed by atoms with Crippen LogP contribution in [-0.2, 0) is 15.9 Å². The van der Waals surface area contributed by atoms with Crippen LogP contribution in [0.2, 0.25) is 0 Å². The van der Waals surface area contributed by atoms with Gasteiger partial charge in [-0.05, 0) is 18.1 Å². The molecule has 2 aromatic carbocycles. The molecule has 0 amide bonds. The summed E-state index contributed by atoms with van der Waals surface area (Å²) in [6, 6.07) is 19.2. The van der Waals surface area contributed by atoms with E-state index in [1.165, 1.54) is 12.7 Å². The fourth-order valence-electron chi connectivity index (χ4n) is 5.02. The Bertz CT molecular complexity index is 1230. The van der Waals surface area contributed by atoms with Crippen molar-refractivity contribution >= 4 is 17.0 Å². The number of anilines is 1. The van der Waals surface area contributed by atoms with Crippen LogP contribution in [0.3, 0.4) is 0 Å². The number of fused-ring (bicyclic) bond motifs is 1. The van der Waals surface area contributed by atoms with Crippen LogP contribution >= 0.6 is 0 Å². The van der Waals surface area contributed by atoms with Gasteiger partial charge in [-0.2, -0.15) is 0 Å². The number of benzene rings is 2. The lowest BCUT2D eigenvalue weighted by Gasteiger charge is -2.49. The molecule has 3 heterocycles. The van der Waals surface area contributed by atoms with Crippen molar-refractivity contribution in [2.24, 2.45) is 0 Å². The molecule has 4 aromatic rings. The molecule has 9 nitrogen and oxygen atoms in total. The van der Waals surface area contributed by atoms with E-state index in [2.05, 4.69) is 15.0 Å². The van der Waals surface area contributed by atoms with Gasteiger partial charge in [-0.3, -0.25) is 4.57 Å². The lowest BCUT2D eigenvalue weighted by atomic mass is 9.66. The van der Waals surface area contributed by atoms with Crippen LogP contribution in [0.4, 0.5) is 5.82 Å². The van der Waals surface area contributed by atoms with E-state index in [0.29, 0.717) is 11.2 Å². The monoisotopic (exact) mass is 447 g/mol. The molecule has 2 aromatic heterocycles. The molecule has 170 valence electrons. The number of hydrogen-bond acceptors (Lipinski definition) is 8.